The van der Waals surface area contributed by atoms with Gasteiger partial charge in [-0.25, -0.2) is 9.13 Å². The first kappa shape index (κ1) is 45.8. The van der Waals surface area contributed by atoms with Gasteiger partial charge in [0.2, 0.25) is 0 Å². The van der Waals surface area contributed by atoms with Crippen LogP contribution in [-0.4, -0.2) is 0 Å². The van der Waals surface area contributed by atoms with E-state index in [1.165, 1.54) is 5.56 Å². The van der Waals surface area contributed by atoms with Crippen LogP contribution in [0.3, 0.4) is 0 Å². The molecule has 7 aromatic carbocycles. The minimum Gasteiger partial charge on any atom is -0.489 e. The molecule has 8 heteroatoms. The maximum atomic E-state index is 6.64. The van der Waals surface area contributed by atoms with Gasteiger partial charge in [-0.2, -0.15) is 0 Å². The molecule has 2 heterocycles. The molecule has 0 aliphatic rings. The predicted octanol–water partition coefficient (Wildman–Crippen LogP) is 12.5. The second-order valence-electron chi connectivity index (χ2n) is 16.8. The van der Waals surface area contributed by atoms with Crippen LogP contribution in [0.5, 0.6) is 34.5 Å². The summed E-state index contributed by atoms with van der Waals surface area (Å²) in [5.74, 6) is 4.13. The first-order valence-corrected chi connectivity index (χ1v) is 23.4. The fourth-order valence-electron chi connectivity index (χ4n) is 7.77. The van der Waals surface area contributed by atoms with Crippen LogP contribution in [0, 0.1) is 0 Å². The van der Waals surface area contributed by atoms with Crippen LogP contribution in [0.25, 0.3) is 11.1 Å². The zero-order valence-electron chi connectivity index (χ0n) is 38.9. The molecule has 0 atom stereocenters. The average molecular weight is 913 g/mol. The van der Waals surface area contributed by atoms with Crippen LogP contribution < -0.4 is 37.6 Å². The third kappa shape index (κ3) is 13.8. The molecule has 9 aromatic rings. The highest BCUT2D eigenvalue weighted by Crippen LogP contribution is 2.30. The van der Waals surface area contributed by atoms with Crippen molar-refractivity contribution in [2.24, 2.45) is 0 Å². The van der Waals surface area contributed by atoms with E-state index in [2.05, 4.69) is 126 Å². The lowest BCUT2D eigenvalue weighted by Gasteiger charge is -2.15. The standard InChI is InChI=1S/C61H56N2O6/c1-2-62-27-23-54(24-28-62)55-25-29-63(30-26-55)40-51-31-56(68-45-52-33-58(64-41-47-15-7-3-8-16-47)38-59(34-52)65-42-48-17-9-4-10-18-48)37-57(32-51)69-46-53-35-60(66-43-49-19-11-5-12-20-49)39-61(36-53)67-44-50-21-13-6-14-22-50/h3-39H,2,40-46H2,1H3/q+2. The summed E-state index contributed by atoms with van der Waals surface area (Å²) in [6.45, 7) is 5.92. The molecule has 69 heavy (non-hydrogen) atoms. The van der Waals surface area contributed by atoms with E-state index in [-0.39, 0.29) is 13.2 Å². The van der Waals surface area contributed by atoms with Gasteiger partial charge in [-0.3, -0.25) is 0 Å². The monoisotopic (exact) mass is 912 g/mol. The number of pyridine rings is 2. The maximum absolute atomic E-state index is 6.64. The summed E-state index contributed by atoms with van der Waals surface area (Å²) < 4.78 is 42.9. The van der Waals surface area contributed by atoms with Gasteiger partial charge in [0, 0.05) is 48.0 Å². The summed E-state index contributed by atoms with van der Waals surface area (Å²) in [6, 6.07) is 67.2. The van der Waals surface area contributed by atoms with Crippen LogP contribution in [0.1, 0.15) is 45.9 Å². The number of hydrogen-bond donors (Lipinski definition) is 0. The summed E-state index contributed by atoms with van der Waals surface area (Å²) in [4.78, 5) is 0. The second kappa shape index (κ2) is 23.4. The van der Waals surface area contributed by atoms with E-state index >= 15 is 0 Å². The van der Waals surface area contributed by atoms with Crippen molar-refractivity contribution in [1.82, 2.24) is 0 Å². The highest BCUT2D eigenvalue weighted by atomic mass is 16.5. The van der Waals surface area contributed by atoms with E-state index in [9.17, 15) is 0 Å². The molecule has 0 unspecified atom stereocenters. The summed E-state index contributed by atoms with van der Waals surface area (Å²) in [7, 11) is 0. The zero-order valence-corrected chi connectivity index (χ0v) is 38.9. The summed E-state index contributed by atoms with van der Waals surface area (Å²) in [5.41, 5.74) is 9.46. The smallest absolute Gasteiger partial charge is 0.174 e. The Hall–Kier alpha value is -8.36. The molecule has 9 rings (SSSR count). The van der Waals surface area contributed by atoms with E-state index in [1.54, 1.807) is 0 Å². The van der Waals surface area contributed by atoms with E-state index in [0.29, 0.717) is 67.5 Å². The molecule has 2 aromatic heterocycles. The Balaban J connectivity index is 0.967. The fourth-order valence-corrected chi connectivity index (χ4v) is 7.77. The quantitative estimate of drug-likeness (QED) is 0.0631. The topological polar surface area (TPSA) is 63.1 Å². The maximum Gasteiger partial charge on any atom is 0.174 e. The number of nitrogens with zero attached hydrogens (tertiary/aromatic N) is 2. The summed E-state index contributed by atoms with van der Waals surface area (Å²) >= 11 is 0. The van der Waals surface area contributed by atoms with Crippen LogP contribution in [0.15, 0.2) is 225 Å². The van der Waals surface area contributed by atoms with E-state index in [1.807, 2.05) is 115 Å². The molecular weight excluding hydrogens is 857 g/mol. The van der Waals surface area contributed by atoms with Gasteiger partial charge in [-0.15, -0.1) is 0 Å². The van der Waals surface area contributed by atoms with Gasteiger partial charge in [0.05, 0.1) is 0 Å². The lowest BCUT2D eigenvalue weighted by molar-refractivity contribution is -0.693. The van der Waals surface area contributed by atoms with Crippen molar-refractivity contribution in [1.29, 1.82) is 0 Å². The number of ether oxygens (including phenoxy) is 6. The molecule has 0 amide bonds. The van der Waals surface area contributed by atoms with Crippen molar-refractivity contribution in [2.45, 2.75) is 59.7 Å². The van der Waals surface area contributed by atoms with Crippen LogP contribution >= 0.6 is 0 Å². The molecule has 0 bridgehead atoms. The predicted molar refractivity (Wildman–Crippen MR) is 268 cm³/mol. The van der Waals surface area contributed by atoms with Gasteiger partial charge < -0.3 is 28.4 Å². The van der Waals surface area contributed by atoms with Crippen molar-refractivity contribution in [2.75, 3.05) is 0 Å². The number of hydrogen-bond acceptors (Lipinski definition) is 6. The highest BCUT2D eigenvalue weighted by molar-refractivity contribution is 5.61. The average Bonchev–Trinajstić information content (AvgIpc) is 3.41. The first-order chi connectivity index (χ1) is 34.0. The number of aromatic nitrogens is 2. The van der Waals surface area contributed by atoms with Gasteiger partial charge in [-0.05, 0) is 87.8 Å². The van der Waals surface area contributed by atoms with E-state index < -0.39 is 0 Å². The molecule has 0 saturated carbocycles. The molecule has 0 radical (unpaired) electrons. The van der Waals surface area contributed by atoms with Crippen molar-refractivity contribution >= 4 is 0 Å². The number of rotatable bonds is 22. The van der Waals surface area contributed by atoms with Crippen molar-refractivity contribution in [3.8, 4) is 45.6 Å². The second-order valence-corrected chi connectivity index (χ2v) is 16.8. The lowest BCUT2D eigenvalue weighted by atomic mass is 10.1. The molecule has 0 aliphatic carbocycles. The summed E-state index contributed by atoms with van der Waals surface area (Å²) in [6.07, 6.45) is 8.45. The van der Waals surface area contributed by atoms with Gasteiger partial charge in [0.15, 0.2) is 31.3 Å². The van der Waals surface area contributed by atoms with Crippen LogP contribution in [0.4, 0.5) is 0 Å². The van der Waals surface area contributed by atoms with E-state index in [0.717, 1.165) is 51.1 Å². The Morgan fingerprint density at radius 3 is 0.826 bits per heavy atom. The van der Waals surface area contributed by atoms with Crippen molar-refractivity contribution in [3.63, 3.8) is 0 Å². The molecule has 8 nitrogen and oxygen atoms in total. The van der Waals surface area contributed by atoms with Gasteiger partial charge in [0.25, 0.3) is 0 Å². The molecule has 344 valence electrons. The Morgan fingerprint density at radius 1 is 0.275 bits per heavy atom. The molecule has 0 N–H and O–H groups in total. The van der Waals surface area contributed by atoms with Gasteiger partial charge in [0.1, 0.15) is 80.7 Å². The highest BCUT2D eigenvalue weighted by Gasteiger charge is 2.13. The van der Waals surface area contributed by atoms with Crippen molar-refractivity contribution in [3.05, 3.63) is 264 Å². The van der Waals surface area contributed by atoms with Crippen LogP contribution in [0.2, 0.25) is 0 Å². The Kier molecular flexibility index (Phi) is 15.5. The third-order valence-electron chi connectivity index (χ3n) is 11.5. The Labute approximate surface area is 405 Å². The van der Waals surface area contributed by atoms with Crippen LogP contribution in [-0.2, 0) is 52.7 Å². The minimum absolute atomic E-state index is 0.271. The molecule has 0 aliphatic heterocycles. The SMILES string of the molecule is CC[n+]1ccc(-c2cc[n+](Cc3cc(OCc4cc(OCc5ccccc5)cc(OCc5ccccc5)c4)cc(OCc4cc(OCc5ccccc5)cc(OCc5ccccc5)c4)c3)cc2)cc1. The number of aryl methyl sites for hydroxylation is 1. The molecule has 0 spiro atoms. The molecule has 0 fully saturated rings. The Bertz CT molecular complexity index is 2710. The largest absolute Gasteiger partial charge is 0.489 e. The lowest BCUT2D eigenvalue weighted by Crippen LogP contribution is -2.33. The van der Waals surface area contributed by atoms with Gasteiger partial charge in [-0.1, -0.05) is 121 Å². The molecule has 0 saturated heterocycles. The number of benzene rings is 7. The summed E-state index contributed by atoms with van der Waals surface area (Å²) in [5, 5.41) is 0. The zero-order chi connectivity index (χ0) is 46.9. The van der Waals surface area contributed by atoms with E-state index in [4.69, 9.17) is 28.4 Å². The minimum atomic E-state index is 0.271. The Morgan fingerprint density at radius 2 is 0.536 bits per heavy atom. The normalized spacial score (nSPS) is 10.9. The van der Waals surface area contributed by atoms with Crippen molar-refractivity contribution < 1.29 is 37.6 Å². The first-order valence-electron chi connectivity index (χ1n) is 23.4. The molecular formula is C61H56N2O6+2. The third-order valence-corrected chi connectivity index (χ3v) is 11.5. The fraction of sp³-hybridized carbons (Fsp3) is 0.148. The van der Waals surface area contributed by atoms with Gasteiger partial charge >= 0.3 is 0 Å².